The molecule has 1 aromatic rings. The number of halogens is 1. The van der Waals surface area contributed by atoms with Crippen LogP contribution in [0, 0.1) is 5.92 Å². The molecule has 0 unspecified atom stereocenters. The first-order chi connectivity index (χ1) is 9.40. The summed E-state index contributed by atoms with van der Waals surface area (Å²) in [6, 6.07) is -0.333. The van der Waals surface area contributed by atoms with Crippen molar-refractivity contribution in [2.75, 3.05) is 0 Å². The van der Waals surface area contributed by atoms with E-state index in [1.807, 2.05) is 0 Å². The lowest BCUT2D eigenvalue weighted by Gasteiger charge is -2.30. The highest BCUT2D eigenvalue weighted by Crippen LogP contribution is 2.30. The van der Waals surface area contributed by atoms with Gasteiger partial charge in [-0.05, 0) is 18.8 Å². The molecule has 1 fully saturated rings. The number of carboxylic acids is 1. The molecule has 1 saturated carbocycles. The van der Waals surface area contributed by atoms with E-state index in [0.29, 0.717) is 6.42 Å². The molecule has 20 heavy (non-hydrogen) atoms. The summed E-state index contributed by atoms with van der Waals surface area (Å²) < 4.78 is 27.2. The Morgan fingerprint density at radius 1 is 1.40 bits per heavy atom. The lowest BCUT2D eigenvalue weighted by molar-refractivity contribution is -0.138. The van der Waals surface area contributed by atoms with Crippen molar-refractivity contribution in [1.29, 1.82) is 0 Å². The standard InChI is InChI=1S/C12H16ClNO4S2/c13-9-6-19-7-11(9)20(17,18)14-10-4-2-1-3-8(10)5-12(15)16/h6-8,10,14H,1-5H2,(H,15,16)/t8-,10-/m0/s1. The second-order valence-corrected chi connectivity index (χ2v) is 7.79. The second kappa shape index (κ2) is 6.43. The molecule has 0 radical (unpaired) electrons. The maximum Gasteiger partial charge on any atom is 0.303 e. The van der Waals surface area contributed by atoms with Crippen LogP contribution < -0.4 is 4.72 Å². The number of carboxylic acid groups (broad SMARTS) is 1. The lowest BCUT2D eigenvalue weighted by atomic mass is 9.83. The molecule has 1 aromatic heterocycles. The average molecular weight is 338 g/mol. The van der Waals surface area contributed by atoms with E-state index in [0.717, 1.165) is 19.3 Å². The van der Waals surface area contributed by atoms with Crippen LogP contribution >= 0.6 is 22.9 Å². The zero-order chi connectivity index (χ0) is 14.8. The van der Waals surface area contributed by atoms with E-state index in [4.69, 9.17) is 16.7 Å². The Hall–Kier alpha value is -0.630. The molecule has 0 aromatic carbocycles. The fraction of sp³-hybridized carbons (Fsp3) is 0.583. The summed E-state index contributed by atoms with van der Waals surface area (Å²) in [7, 11) is -3.68. The van der Waals surface area contributed by atoms with E-state index in [2.05, 4.69) is 4.72 Å². The lowest BCUT2D eigenvalue weighted by Crippen LogP contribution is -2.42. The van der Waals surface area contributed by atoms with Crippen molar-refractivity contribution < 1.29 is 18.3 Å². The van der Waals surface area contributed by atoms with Crippen molar-refractivity contribution in [3.05, 3.63) is 15.8 Å². The second-order valence-electron chi connectivity index (χ2n) is 4.95. The van der Waals surface area contributed by atoms with Gasteiger partial charge in [-0.15, -0.1) is 11.3 Å². The number of hydrogen-bond acceptors (Lipinski definition) is 4. The quantitative estimate of drug-likeness (QED) is 0.865. The maximum absolute atomic E-state index is 12.3. The summed E-state index contributed by atoms with van der Waals surface area (Å²) in [5.74, 6) is -1.05. The van der Waals surface area contributed by atoms with Gasteiger partial charge >= 0.3 is 5.97 Å². The summed E-state index contributed by atoms with van der Waals surface area (Å²) in [5, 5.41) is 12.2. The first-order valence-corrected chi connectivity index (χ1v) is 9.16. The van der Waals surface area contributed by atoms with Crippen molar-refractivity contribution in [3.63, 3.8) is 0 Å². The van der Waals surface area contributed by atoms with Crippen LogP contribution in [0.1, 0.15) is 32.1 Å². The Morgan fingerprint density at radius 3 is 2.70 bits per heavy atom. The van der Waals surface area contributed by atoms with Gasteiger partial charge in [-0.2, -0.15) is 0 Å². The summed E-state index contributed by atoms with van der Waals surface area (Å²) in [6.07, 6.45) is 3.23. The molecule has 1 heterocycles. The van der Waals surface area contributed by atoms with Crippen molar-refractivity contribution in [1.82, 2.24) is 4.72 Å². The fourth-order valence-corrected chi connectivity index (χ4v) is 5.60. The predicted molar refractivity (Wildman–Crippen MR) is 77.6 cm³/mol. The van der Waals surface area contributed by atoms with E-state index < -0.39 is 16.0 Å². The Morgan fingerprint density at radius 2 is 2.10 bits per heavy atom. The van der Waals surface area contributed by atoms with Gasteiger partial charge in [-0.1, -0.05) is 24.4 Å². The van der Waals surface area contributed by atoms with Crippen LogP contribution in [0.4, 0.5) is 0 Å². The Labute approximate surface area is 127 Å². The molecule has 5 nitrogen and oxygen atoms in total. The molecule has 112 valence electrons. The third kappa shape index (κ3) is 3.72. The molecule has 2 rings (SSSR count). The monoisotopic (exact) mass is 337 g/mol. The number of sulfonamides is 1. The number of thiophene rings is 1. The topological polar surface area (TPSA) is 83.5 Å². The van der Waals surface area contributed by atoms with Crippen molar-refractivity contribution in [3.8, 4) is 0 Å². The molecule has 0 saturated heterocycles. The molecule has 8 heteroatoms. The van der Waals surface area contributed by atoms with Crippen molar-refractivity contribution >= 4 is 38.9 Å². The zero-order valence-electron chi connectivity index (χ0n) is 10.7. The van der Waals surface area contributed by atoms with Crippen LogP contribution in [0.15, 0.2) is 15.7 Å². The first kappa shape index (κ1) is 15.8. The SMILES string of the molecule is O=C(O)C[C@@H]1CCCC[C@@H]1NS(=O)(=O)c1cscc1Cl. The van der Waals surface area contributed by atoms with Gasteiger partial charge < -0.3 is 5.11 Å². The van der Waals surface area contributed by atoms with Crippen molar-refractivity contribution in [2.45, 2.75) is 43.0 Å². The number of rotatable bonds is 5. The van der Waals surface area contributed by atoms with Crippen molar-refractivity contribution in [2.24, 2.45) is 5.92 Å². The van der Waals surface area contributed by atoms with E-state index in [1.54, 1.807) is 5.38 Å². The minimum atomic E-state index is -3.68. The summed E-state index contributed by atoms with van der Waals surface area (Å²) in [6.45, 7) is 0. The van der Waals surface area contributed by atoms with Gasteiger partial charge in [0, 0.05) is 23.2 Å². The van der Waals surface area contributed by atoms with Crippen LogP contribution in [0.25, 0.3) is 0 Å². The molecule has 0 bridgehead atoms. The molecule has 1 aliphatic carbocycles. The molecular weight excluding hydrogens is 322 g/mol. The van der Waals surface area contributed by atoms with Crippen LogP contribution in [-0.2, 0) is 14.8 Å². The number of nitrogens with one attached hydrogen (secondary N) is 1. The fourth-order valence-electron chi connectivity index (χ4n) is 2.56. The summed E-state index contributed by atoms with van der Waals surface area (Å²) in [4.78, 5) is 10.9. The average Bonchev–Trinajstić information content (AvgIpc) is 2.78. The molecule has 0 aliphatic heterocycles. The van der Waals surface area contributed by atoms with Crippen LogP contribution in [0.2, 0.25) is 5.02 Å². The van der Waals surface area contributed by atoms with Crippen LogP contribution in [-0.4, -0.2) is 25.5 Å². The van der Waals surface area contributed by atoms with Gasteiger partial charge in [0.15, 0.2) is 0 Å². The van der Waals surface area contributed by atoms with E-state index in [1.165, 1.54) is 16.7 Å². The van der Waals surface area contributed by atoms with Gasteiger partial charge in [-0.25, -0.2) is 13.1 Å². The van der Waals surface area contributed by atoms with Gasteiger partial charge in [0.25, 0.3) is 0 Å². The van der Waals surface area contributed by atoms with Crippen LogP contribution in [0.5, 0.6) is 0 Å². The molecular formula is C12H16ClNO4S2. The smallest absolute Gasteiger partial charge is 0.303 e. The molecule has 2 N–H and O–H groups in total. The van der Waals surface area contributed by atoms with Gasteiger partial charge in [0.2, 0.25) is 10.0 Å². The minimum absolute atomic E-state index is 0.00937. The Bertz CT molecular complexity index is 584. The zero-order valence-corrected chi connectivity index (χ0v) is 13.1. The Balaban J connectivity index is 2.14. The number of carbonyl (C=O) groups is 1. The first-order valence-electron chi connectivity index (χ1n) is 6.36. The largest absolute Gasteiger partial charge is 0.481 e. The predicted octanol–water partition coefficient (Wildman–Crippen LogP) is 2.71. The summed E-state index contributed by atoms with van der Waals surface area (Å²) >= 11 is 7.08. The third-order valence-corrected chi connectivity index (χ3v) is 6.50. The van der Waals surface area contributed by atoms with Crippen LogP contribution in [0.3, 0.4) is 0 Å². The van der Waals surface area contributed by atoms with Gasteiger partial charge in [0.1, 0.15) is 4.90 Å². The highest BCUT2D eigenvalue weighted by molar-refractivity contribution is 7.89. The molecule has 0 spiro atoms. The highest BCUT2D eigenvalue weighted by Gasteiger charge is 2.31. The highest BCUT2D eigenvalue weighted by atomic mass is 35.5. The van der Waals surface area contributed by atoms with Gasteiger partial charge in [-0.3, -0.25) is 4.79 Å². The minimum Gasteiger partial charge on any atom is -0.481 e. The third-order valence-electron chi connectivity index (χ3n) is 3.52. The molecule has 0 amide bonds. The molecule has 2 atom stereocenters. The summed E-state index contributed by atoms with van der Waals surface area (Å²) in [5.41, 5.74) is 0. The van der Waals surface area contributed by atoms with Gasteiger partial charge in [0.05, 0.1) is 5.02 Å². The maximum atomic E-state index is 12.3. The van der Waals surface area contributed by atoms with E-state index in [9.17, 15) is 13.2 Å². The number of aliphatic carboxylic acids is 1. The van der Waals surface area contributed by atoms with E-state index >= 15 is 0 Å². The molecule has 1 aliphatic rings. The van der Waals surface area contributed by atoms with E-state index in [-0.39, 0.29) is 28.3 Å². The number of hydrogen-bond donors (Lipinski definition) is 2. The Kier molecular flexibility index (Phi) is 5.06. The normalized spacial score (nSPS) is 23.6.